The van der Waals surface area contributed by atoms with E-state index in [4.69, 9.17) is 5.73 Å². The molecule has 0 aliphatic carbocycles. The molecule has 0 aliphatic rings. The van der Waals surface area contributed by atoms with Gasteiger partial charge >= 0.3 is 0 Å². The summed E-state index contributed by atoms with van der Waals surface area (Å²) in [5.74, 6) is 0. The van der Waals surface area contributed by atoms with Gasteiger partial charge in [0.05, 0.1) is 0 Å². The summed E-state index contributed by atoms with van der Waals surface area (Å²) in [6.45, 7) is 11.9. The van der Waals surface area contributed by atoms with Crippen LogP contribution in [0.2, 0.25) is 0 Å². The van der Waals surface area contributed by atoms with Crippen molar-refractivity contribution in [2.24, 2.45) is 0 Å². The molecule has 2 rings (SSSR count). The summed E-state index contributed by atoms with van der Waals surface area (Å²) < 4.78 is 0. The predicted octanol–water partition coefficient (Wildman–Crippen LogP) is 4.58. The minimum Gasteiger partial charge on any atom is -0.399 e. The molecule has 3 N–H and O–H groups in total. The Morgan fingerprint density at radius 1 is 0.952 bits per heavy atom. The largest absolute Gasteiger partial charge is 0.399 e. The lowest BCUT2D eigenvalue weighted by atomic mass is 9.84. The third-order valence-electron chi connectivity index (χ3n) is 4.08. The van der Waals surface area contributed by atoms with Crippen LogP contribution in [0.15, 0.2) is 36.4 Å². The second-order valence-corrected chi connectivity index (χ2v) is 6.63. The van der Waals surface area contributed by atoms with Crippen LogP contribution in [0.4, 0.5) is 11.4 Å². The number of nitrogen functional groups attached to an aromatic ring is 1. The zero-order chi connectivity index (χ0) is 15.6. The van der Waals surface area contributed by atoms with Gasteiger partial charge in [-0.25, -0.2) is 0 Å². The second kappa shape index (κ2) is 5.80. The number of benzene rings is 2. The quantitative estimate of drug-likeness (QED) is 0.805. The monoisotopic (exact) mass is 282 g/mol. The van der Waals surface area contributed by atoms with Crippen molar-refractivity contribution >= 4 is 11.4 Å². The first kappa shape index (κ1) is 15.4. The standard InChI is InChI=1S/C19H26N2/c1-13-10-14(2)18(15(3)11-13)21-12-19(4,5)16-6-8-17(20)9-7-16/h6-11,21H,12,20H2,1-5H3. The summed E-state index contributed by atoms with van der Waals surface area (Å²) in [5.41, 5.74) is 13.1. The molecule has 0 aromatic heterocycles. The van der Waals surface area contributed by atoms with Crippen molar-refractivity contribution < 1.29 is 0 Å². The van der Waals surface area contributed by atoms with E-state index in [9.17, 15) is 0 Å². The molecular weight excluding hydrogens is 256 g/mol. The number of nitrogens with two attached hydrogens (primary N) is 1. The molecule has 0 unspecified atom stereocenters. The van der Waals surface area contributed by atoms with Gasteiger partial charge in [0.1, 0.15) is 0 Å². The van der Waals surface area contributed by atoms with Crippen LogP contribution < -0.4 is 11.1 Å². The highest BCUT2D eigenvalue weighted by Crippen LogP contribution is 2.27. The van der Waals surface area contributed by atoms with Crippen LogP contribution in [0.1, 0.15) is 36.1 Å². The highest BCUT2D eigenvalue weighted by Gasteiger charge is 2.20. The van der Waals surface area contributed by atoms with Crippen molar-refractivity contribution in [3.05, 3.63) is 58.7 Å². The van der Waals surface area contributed by atoms with Crippen molar-refractivity contribution in [1.29, 1.82) is 0 Å². The summed E-state index contributed by atoms with van der Waals surface area (Å²) in [7, 11) is 0. The van der Waals surface area contributed by atoms with Gasteiger partial charge in [0, 0.05) is 23.3 Å². The average molecular weight is 282 g/mol. The van der Waals surface area contributed by atoms with Crippen LogP contribution in [-0.2, 0) is 5.41 Å². The normalized spacial score (nSPS) is 11.5. The molecule has 0 spiro atoms. The molecular formula is C19H26N2. The Balaban J connectivity index is 2.17. The van der Waals surface area contributed by atoms with Gasteiger partial charge < -0.3 is 11.1 Å². The Kier molecular flexibility index (Phi) is 4.26. The Bertz CT molecular complexity index is 602. The highest BCUT2D eigenvalue weighted by atomic mass is 14.9. The molecule has 2 aromatic carbocycles. The predicted molar refractivity (Wildman–Crippen MR) is 93.0 cm³/mol. The van der Waals surface area contributed by atoms with Crippen molar-refractivity contribution in [3.8, 4) is 0 Å². The summed E-state index contributed by atoms with van der Waals surface area (Å²) in [6, 6.07) is 12.6. The fraction of sp³-hybridized carbons (Fsp3) is 0.368. The zero-order valence-electron chi connectivity index (χ0n) is 13.7. The second-order valence-electron chi connectivity index (χ2n) is 6.63. The van der Waals surface area contributed by atoms with E-state index in [2.05, 4.69) is 64.2 Å². The fourth-order valence-electron chi connectivity index (χ4n) is 2.80. The van der Waals surface area contributed by atoms with E-state index in [-0.39, 0.29) is 5.41 Å². The van der Waals surface area contributed by atoms with Crippen LogP contribution in [-0.4, -0.2) is 6.54 Å². The molecule has 0 saturated heterocycles. The smallest absolute Gasteiger partial charge is 0.0400 e. The summed E-state index contributed by atoms with van der Waals surface area (Å²) in [6.07, 6.45) is 0. The van der Waals surface area contributed by atoms with Crippen LogP contribution in [0.5, 0.6) is 0 Å². The number of anilines is 2. The molecule has 0 amide bonds. The lowest BCUT2D eigenvalue weighted by Crippen LogP contribution is -2.28. The molecule has 0 heterocycles. The van der Waals surface area contributed by atoms with Crippen LogP contribution >= 0.6 is 0 Å². The van der Waals surface area contributed by atoms with E-state index in [0.717, 1.165) is 12.2 Å². The van der Waals surface area contributed by atoms with Crippen molar-refractivity contribution in [2.75, 3.05) is 17.6 Å². The number of hydrogen-bond donors (Lipinski definition) is 2. The molecule has 0 saturated carbocycles. The summed E-state index contributed by atoms with van der Waals surface area (Å²) >= 11 is 0. The van der Waals surface area contributed by atoms with Gasteiger partial charge in [0.2, 0.25) is 0 Å². The Hall–Kier alpha value is -1.96. The fourth-order valence-corrected chi connectivity index (χ4v) is 2.80. The highest BCUT2D eigenvalue weighted by molar-refractivity contribution is 5.58. The molecule has 2 heteroatoms. The van der Waals surface area contributed by atoms with E-state index in [1.165, 1.54) is 27.9 Å². The maximum Gasteiger partial charge on any atom is 0.0400 e. The SMILES string of the molecule is Cc1cc(C)c(NCC(C)(C)c2ccc(N)cc2)c(C)c1. The maximum absolute atomic E-state index is 5.77. The molecule has 0 fully saturated rings. The van der Waals surface area contributed by atoms with Gasteiger partial charge in [-0.3, -0.25) is 0 Å². The average Bonchev–Trinajstić information content (AvgIpc) is 2.37. The van der Waals surface area contributed by atoms with Gasteiger partial charge in [-0.05, 0) is 49.6 Å². The number of rotatable bonds is 4. The molecule has 21 heavy (non-hydrogen) atoms. The Morgan fingerprint density at radius 2 is 1.48 bits per heavy atom. The molecule has 0 bridgehead atoms. The molecule has 2 nitrogen and oxygen atoms in total. The molecule has 0 aliphatic heterocycles. The number of nitrogens with one attached hydrogen (secondary N) is 1. The minimum absolute atomic E-state index is 0.0530. The van der Waals surface area contributed by atoms with Gasteiger partial charge in [-0.1, -0.05) is 43.7 Å². The maximum atomic E-state index is 5.77. The first-order valence-corrected chi connectivity index (χ1v) is 7.47. The van der Waals surface area contributed by atoms with Crippen molar-refractivity contribution in [1.82, 2.24) is 0 Å². The van der Waals surface area contributed by atoms with E-state index in [1.54, 1.807) is 0 Å². The summed E-state index contributed by atoms with van der Waals surface area (Å²) in [5, 5.41) is 3.63. The van der Waals surface area contributed by atoms with E-state index in [0.29, 0.717) is 0 Å². The Morgan fingerprint density at radius 3 is 2.00 bits per heavy atom. The molecule has 0 atom stereocenters. The van der Waals surface area contributed by atoms with E-state index in [1.807, 2.05) is 12.1 Å². The lowest BCUT2D eigenvalue weighted by molar-refractivity contribution is 0.557. The molecule has 2 aromatic rings. The molecule has 0 radical (unpaired) electrons. The van der Waals surface area contributed by atoms with E-state index >= 15 is 0 Å². The van der Waals surface area contributed by atoms with Gasteiger partial charge in [-0.2, -0.15) is 0 Å². The van der Waals surface area contributed by atoms with Crippen molar-refractivity contribution in [2.45, 2.75) is 40.0 Å². The van der Waals surface area contributed by atoms with Gasteiger partial charge in [-0.15, -0.1) is 0 Å². The minimum atomic E-state index is 0.0530. The zero-order valence-corrected chi connectivity index (χ0v) is 13.7. The number of hydrogen-bond acceptors (Lipinski definition) is 2. The van der Waals surface area contributed by atoms with Crippen LogP contribution in [0.3, 0.4) is 0 Å². The van der Waals surface area contributed by atoms with Crippen LogP contribution in [0.25, 0.3) is 0 Å². The van der Waals surface area contributed by atoms with E-state index < -0.39 is 0 Å². The van der Waals surface area contributed by atoms with Crippen LogP contribution in [0, 0.1) is 20.8 Å². The first-order valence-electron chi connectivity index (χ1n) is 7.47. The topological polar surface area (TPSA) is 38.0 Å². The third kappa shape index (κ3) is 3.57. The molecule has 112 valence electrons. The van der Waals surface area contributed by atoms with Crippen molar-refractivity contribution in [3.63, 3.8) is 0 Å². The van der Waals surface area contributed by atoms with Gasteiger partial charge in [0.15, 0.2) is 0 Å². The third-order valence-corrected chi connectivity index (χ3v) is 4.08. The first-order chi connectivity index (χ1) is 9.79. The number of aryl methyl sites for hydroxylation is 3. The Labute approximate surface area is 128 Å². The van der Waals surface area contributed by atoms with Gasteiger partial charge in [0.25, 0.3) is 0 Å². The lowest BCUT2D eigenvalue weighted by Gasteiger charge is -2.27. The summed E-state index contributed by atoms with van der Waals surface area (Å²) in [4.78, 5) is 0.